The van der Waals surface area contributed by atoms with E-state index in [9.17, 15) is 4.11 Å². The van der Waals surface area contributed by atoms with Crippen molar-refractivity contribution in [2.45, 2.75) is 6.92 Å². The van der Waals surface area contributed by atoms with Crippen molar-refractivity contribution in [2.75, 3.05) is 0 Å². The highest BCUT2D eigenvalue weighted by Gasteiger charge is 2.18. The summed E-state index contributed by atoms with van der Waals surface area (Å²) in [5, 5.41) is -1.89. The maximum absolute atomic E-state index is 9.79. The summed E-state index contributed by atoms with van der Waals surface area (Å²) in [6.07, 6.45) is 0. The number of aryl methyl sites for hydroxylation is 1. The molecule has 0 aliphatic carbocycles. The Morgan fingerprint density at radius 3 is 1.83 bits per heavy atom. The Balaban J connectivity index is 1.94. The summed E-state index contributed by atoms with van der Waals surface area (Å²) in [6, 6.07) is -6.30. The van der Waals surface area contributed by atoms with Crippen LogP contribution in [-0.4, -0.2) is 9.55 Å². The van der Waals surface area contributed by atoms with Gasteiger partial charge in [-0.05, 0) is 74.9 Å². The predicted octanol–water partition coefficient (Wildman–Crippen LogP) is 8.97. The maximum atomic E-state index is 9.79. The van der Waals surface area contributed by atoms with E-state index in [1.165, 1.54) is 4.57 Å². The average Bonchev–Trinajstić information content (AvgIpc) is 3.47. The van der Waals surface area contributed by atoms with E-state index in [-0.39, 0.29) is 11.5 Å². The van der Waals surface area contributed by atoms with Crippen LogP contribution in [0.1, 0.15) is 29.1 Å². The highest BCUT2D eigenvalue weighted by molar-refractivity contribution is 6.21. The van der Waals surface area contributed by atoms with E-state index >= 15 is 0 Å². The third-order valence-electron chi connectivity index (χ3n) is 5.94. The number of fused-ring (bicyclic) bond motifs is 3. The molecule has 0 aliphatic heterocycles. The predicted molar refractivity (Wildman–Crippen MR) is 152 cm³/mol. The molecule has 0 atom stereocenters. The Labute approximate surface area is 234 Å². The van der Waals surface area contributed by atoms with Gasteiger partial charge < -0.3 is 0 Å². The van der Waals surface area contributed by atoms with Gasteiger partial charge in [-0.2, -0.15) is 0 Å². The zero-order valence-electron chi connectivity index (χ0n) is 35.7. The van der Waals surface area contributed by atoms with Crippen LogP contribution in [0, 0.1) is 6.92 Å². The molecule has 0 aliphatic rings. The minimum atomic E-state index is -0.816. The van der Waals surface area contributed by atoms with Crippen LogP contribution in [0.25, 0.3) is 60.5 Å². The monoisotopic (exact) mass is 477 g/mol. The Morgan fingerprint density at radius 1 is 0.611 bits per heavy atom. The van der Waals surface area contributed by atoms with Gasteiger partial charge >= 0.3 is 0 Å². The first kappa shape index (κ1) is 9.75. The maximum Gasteiger partial charge on any atom is 0.111 e. The van der Waals surface area contributed by atoms with E-state index < -0.39 is 147 Å². The molecule has 1 aromatic heterocycles. The van der Waals surface area contributed by atoms with Gasteiger partial charge in [0.2, 0.25) is 0 Å². The molecule has 7 aromatic rings. The first-order valence-electron chi connectivity index (χ1n) is 19.4. The molecule has 0 N–H and O–H groups in total. The van der Waals surface area contributed by atoms with E-state index in [1.807, 2.05) is 0 Å². The van der Waals surface area contributed by atoms with E-state index in [0.29, 0.717) is 11.0 Å². The van der Waals surface area contributed by atoms with Gasteiger partial charge in [0, 0.05) is 5.69 Å². The summed E-state index contributed by atoms with van der Waals surface area (Å²) in [7, 11) is 0. The fourth-order valence-electron chi connectivity index (χ4n) is 4.50. The van der Waals surface area contributed by atoms with Crippen LogP contribution in [0.2, 0.25) is 0 Å². The van der Waals surface area contributed by atoms with Crippen LogP contribution in [0.5, 0.6) is 0 Å². The largest absolute Gasteiger partial charge is 0.297 e. The Hall–Kier alpha value is -4.69. The molecule has 0 saturated heterocycles. The Morgan fingerprint density at radius 2 is 1.17 bits per heavy atom. The second-order valence-corrected chi connectivity index (χ2v) is 7.96. The van der Waals surface area contributed by atoms with Crippen LogP contribution in [0.15, 0.2) is 127 Å². The molecule has 0 saturated carbocycles. The number of imidazole rings is 1. The lowest BCUT2D eigenvalue weighted by atomic mass is 9.86. The van der Waals surface area contributed by atoms with E-state index in [1.54, 1.807) is 31.2 Å². The lowest BCUT2D eigenvalue weighted by Gasteiger charge is -2.19. The molecule has 170 valence electrons. The zero-order chi connectivity index (χ0) is 38.9. The van der Waals surface area contributed by atoms with Gasteiger partial charge in [-0.1, -0.05) is 103 Å². The third kappa shape index (κ3) is 3.15. The average molecular weight is 478 g/mol. The first-order chi connectivity index (χ1) is 24.9. The second kappa shape index (κ2) is 8.21. The molecule has 1 heterocycles. The van der Waals surface area contributed by atoms with Crippen molar-refractivity contribution in [3.05, 3.63) is 133 Å². The Kier molecular flexibility index (Phi) is 2.22. The molecule has 0 unspecified atom stereocenters. The van der Waals surface area contributed by atoms with Gasteiger partial charge in [0.1, 0.15) is 5.82 Å². The Bertz CT molecular complexity index is 2770. The summed E-state index contributed by atoms with van der Waals surface area (Å²) >= 11 is 0. The number of para-hydroxylation sites is 2. The van der Waals surface area contributed by atoms with Gasteiger partial charge in [0.05, 0.1) is 34.3 Å². The molecule has 36 heavy (non-hydrogen) atoms. The molecule has 2 nitrogen and oxygen atoms in total. The zero-order valence-corrected chi connectivity index (χ0v) is 18.7. The number of hydrogen-bond acceptors (Lipinski definition) is 1. The molecule has 6 aromatic carbocycles. The van der Waals surface area contributed by atoms with Gasteiger partial charge in [-0.3, -0.25) is 4.57 Å². The number of hydrogen-bond donors (Lipinski definition) is 0. The summed E-state index contributed by atoms with van der Waals surface area (Å²) in [5.74, 6) is 0.282. The number of benzene rings is 6. The van der Waals surface area contributed by atoms with Crippen molar-refractivity contribution in [2.24, 2.45) is 0 Å². The standard InChI is InChI=1S/C34H24N2/c1-23-35-31-18-10-11-19-32(31)36(23)26-20-21-29-30(22-26)34(25-14-6-3-7-15-25)28-17-9-8-16-27(28)33(29)24-12-4-2-5-13-24/h2-22H,1H3/i2D,3D,4D,5D,6D,7D,8D,9D,12D,13D,14D,15D,16D,17D,20D,21D,22D. The summed E-state index contributed by atoms with van der Waals surface area (Å²) in [5.41, 5.74) is -1.47. The number of rotatable bonds is 3. The van der Waals surface area contributed by atoms with Crippen LogP contribution in [0.3, 0.4) is 0 Å². The molecule has 0 spiro atoms. The van der Waals surface area contributed by atoms with E-state index in [2.05, 4.69) is 4.98 Å². The molecular formula is C34H24N2. The summed E-state index contributed by atoms with van der Waals surface area (Å²) in [6.45, 7) is 1.60. The summed E-state index contributed by atoms with van der Waals surface area (Å²) in [4.78, 5) is 4.53. The van der Waals surface area contributed by atoms with Crippen molar-refractivity contribution in [1.29, 1.82) is 0 Å². The summed E-state index contributed by atoms with van der Waals surface area (Å²) < 4.78 is 152. The number of nitrogens with zero attached hydrogens (tertiary/aromatic N) is 2. The van der Waals surface area contributed by atoms with Gasteiger partial charge in [0.15, 0.2) is 0 Å². The lowest BCUT2D eigenvalue weighted by molar-refractivity contribution is 1.00. The molecule has 0 fully saturated rings. The molecule has 7 rings (SSSR count). The molecular weight excluding hydrogens is 436 g/mol. The number of aromatic nitrogens is 2. The molecule has 0 bridgehead atoms. The van der Waals surface area contributed by atoms with Crippen molar-refractivity contribution in [1.82, 2.24) is 9.55 Å². The van der Waals surface area contributed by atoms with Gasteiger partial charge in [-0.15, -0.1) is 0 Å². The minimum absolute atomic E-state index is 0.241. The highest BCUT2D eigenvalue weighted by Crippen LogP contribution is 2.44. The van der Waals surface area contributed by atoms with Gasteiger partial charge in [-0.25, -0.2) is 4.98 Å². The SMILES string of the molecule is [2H]c1c([2H])c([2H])c(-c2c3c([2H])c([2H])c([2H])c([2H])c3c(-c3c([2H])c([2H])c([2H])c([2H])c3[2H])c3c([2H])c(-n4c(C)nc5ccccc54)c([2H])c([2H])c23)c([2H])c1[2H]. The van der Waals surface area contributed by atoms with E-state index in [0.717, 1.165) is 0 Å². The van der Waals surface area contributed by atoms with Crippen molar-refractivity contribution >= 4 is 32.6 Å². The topological polar surface area (TPSA) is 17.8 Å². The third-order valence-corrected chi connectivity index (χ3v) is 5.94. The van der Waals surface area contributed by atoms with Crippen molar-refractivity contribution in [3.8, 4) is 27.9 Å². The highest BCUT2D eigenvalue weighted by atomic mass is 15.1. The van der Waals surface area contributed by atoms with Crippen molar-refractivity contribution < 1.29 is 23.3 Å². The lowest BCUT2D eigenvalue weighted by Crippen LogP contribution is -1.98. The minimum Gasteiger partial charge on any atom is -0.297 e. The first-order valence-corrected chi connectivity index (χ1v) is 10.9. The molecule has 2 heteroatoms. The quantitative estimate of drug-likeness (QED) is 0.232. The van der Waals surface area contributed by atoms with E-state index in [4.69, 9.17) is 19.2 Å². The molecule has 0 radical (unpaired) electrons. The second-order valence-electron chi connectivity index (χ2n) is 7.96. The molecule has 0 amide bonds. The van der Waals surface area contributed by atoms with Crippen LogP contribution in [-0.2, 0) is 0 Å². The van der Waals surface area contributed by atoms with Crippen LogP contribution >= 0.6 is 0 Å². The fraction of sp³-hybridized carbons (Fsp3) is 0.0294. The van der Waals surface area contributed by atoms with Crippen molar-refractivity contribution in [3.63, 3.8) is 0 Å². The smallest absolute Gasteiger partial charge is 0.111 e. The normalized spacial score (nSPS) is 18.1. The fourth-order valence-corrected chi connectivity index (χ4v) is 4.50. The van der Waals surface area contributed by atoms with Gasteiger partial charge in [0.25, 0.3) is 0 Å². The van der Waals surface area contributed by atoms with Crippen LogP contribution < -0.4 is 0 Å². The van der Waals surface area contributed by atoms with Crippen LogP contribution in [0.4, 0.5) is 0 Å².